The van der Waals surface area contributed by atoms with E-state index in [2.05, 4.69) is 37.4 Å². The standard InChI is InChI=1S/C20H24N2O/c1-15-10-11-16(2)17(13-15)14-21-19-9-6-12-22(20(19)23)18-7-4-3-5-8-18/h3-5,7-8,10-11,13,19,21H,6,9,12,14H2,1-2H3. The fourth-order valence-electron chi connectivity index (χ4n) is 3.15. The third kappa shape index (κ3) is 3.62. The Labute approximate surface area is 138 Å². The molecule has 0 spiro atoms. The summed E-state index contributed by atoms with van der Waals surface area (Å²) >= 11 is 0. The van der Waals surface area contributed by atoms with Crippen LogP contribution in [0.2, 0.25) is 0 Å². The van der Waals surface area contributed by atoms with Gasteiger partial charge in [-0.2, -0.15) is 0 Å². The van der Waals surface area contributed by atoms with Crippen LogP contribution in [-0.4, -0.2) is 18.5 Å². The maximum Gasteiger partial charge on any atom is 0.244 e. The molecule has 3 rings (SSSR count). The van der Waals surface area contributed by atoms with Crippen molar-refractivity contribution in [2.45, 2.75) is 39.3 Å². The highest BCUT2D eigenvalue weighted by Gasteiger charge is 2.29. The molecule has 1 atom stereocenters. The second-order valence-corrected chi connectivity index (χ2v) is 6.33. The summed E-state index contributed by atoms with van der Waals surface area (Å²) in [5, 5.41) is 3.46. The van der Waals surface area contributed by atoms with Crippen molar-refractivity contribution >= 4 is 11.6 Å². The van der Waals surface area contributed by atoms with E-state index in [1.54, 1.807) is 0 Å². The lowest BCUT2D eigenvalue weighted by molar-refractivity contribution is -0.121. The van der Waals surface area contributed by atoms with Crippen LogP contribution in [-0.2, 0) is 11.3 Å². The van der Waals surface area contributed by atoms with E-state index in [1.165, 1.54) is 16.7 Å². The number of nitrogens with zero attached hydrogens (tertiary/aromatic N) is 1. The molecule has 1 unspecified atom stereocenters. The van der Waals surface area contributed by atoms with Crippen LogP contribution in [0.15, 0.2) is 48.5 Å². The van der Waals surface area contributed by atoms with Gasteiger partial charge >= 0.3 is 0 Å². The first-order chi connectivity index (χ1) is 11.1. The molecule has 1 fully saturated rings. The van der Waals surface area contributed by atoms with Gasteiger partial charge in [0.2, 0.25) is 5.91 Å². The topological polar surface area (TPSA) is 32.3 Å². The molecule has 0 saturated carbocycles. The Morgan fingerprint density at radius 3 is 2.70 bits per heavy atom. The summed E-state index contributed by atoms with van der Waals surface area (Å²) in [5.41, 5.74) is 4.80. The summed E-state index contributed by atoms with van der Waals surface area (Å²) < 4.78 is 0. The number of benzene rings is 2. The molecule has 23 heavy (non-hydrogen) atoms. The van der Waals surface area contributed by atoms with Gasteiger partial charge in [0.25, 0.3) is 0 Å². The van der Waals surface area contributed by atoms with E-state index < -0.39 is 0 Å². The second kappa shape index (κ2) is 6.97. The summed E-state index contributed by atoms with van der Waals surface area (Å²) in [6.07, 6.45) is 1.94. The minimum atomic E-state index is -0.0936. The Bertz CT molecular complexity index is 681. The maximum absolute atomic E-state index is 12.8. The molecule has 1 N–H and O–H groups in total. The van der Waals surface area contributed by atoms with Gasteiger partial charge in [-0.15, -0.1) is 0 Å². The predicted octanol–water partition coefficient (Wildman–Crippen LogP) is 3.59. The number of hydrogen-bond acceptors (Lipinski definition) is 2. The van der Waals surface area contributed by atoms with Crippen LogP contribution in [0.5, 0.6) is 0 Å². The van der Waals surface area contributed by atoms with Crippen molar-refractivity contribution in [2.24, 2.45) is 0 Å². The smallest absolute Gasteiger partial charge is 0.244 e. The molecule has 0 bridgehead atoms. The summed E-state index contributed by atoms with van der Waals surface area (Å²) in [7, 11) is 0. The molecule has 1 amide bonds. The second-order valence-electron chi connectivity index (χ2n) is 6.33. The van der Waals surface area contributed by atoms with Crippen LogP contribution < -0.4 is 10.2 Å². The number of nitrogens with one attached hydrogen (secondary N) is 1. The number of piperidine rings is 1. The van der Waals surface area contributed by atoms with Gasteiger partial charge in [-0.25, -0.2) is 0 Å². The molecular weight excluding hydrogens is 284 g/mol. The number of carbonyl (C=O) groups is 1. The van der Waals surface area contributed by atoms with Crippen molar-refractivity contribution in [2.75, 3.05) is 11.4 Å². The molecule has 2 aromatic rings. The highest BCUT2D eigenvalue weighted by molar-refractivity contribution is 5.97. The zero-order valence-electron chi connectivity index (χ0n) is 13.9. The first-order valence-corrected chi connectivity index (χ1v) is 8.31. The Morgan fingerprint density at radius 1 is 1.13 bits per heavy atom. The average Bonchev–Trinajstić information content (AvgIpc) is 2.57. The molecule has 1 aliphatic rings. The van der Waals surface area contributed by atoms with Crippen LogP contribution in [0.1, 0.15) is 29.5 Å². The Balaban J connectivity index is 1.68. The van der Waals surface area contributed by atoms with E-state index in [9.17, 15) is 4.79 Å². The van der Waals surface area contributed by atoms with Crippen molar-refractivity contribution in [3.63, 3.8) is 0 Å². The molecule has 1 saturated heterocycles. The lowest BCUT2D eigenvalue weighted by Crippen LogP contribution is -2.50. The molecule has 0 aromatic heterocycles. The zero-order valence-corrected chi connectivity index (χ0v) is 13.9. The number of carbonyl (C=O) groups excluding carboxylic acids is 1. The van der Waals surface area contributed by atoms with Crippen LogP contribution in [0.4, 0.5) is 5.69 Å². The Hall–Kier alpha value is -2.13. The monoisotopic (exact) mass is 308 g/mol. The van der Waals surface area contributed by atoms with Gasteiger partial charge < -0.3 is 10.2 Å². The van der Waals surface area contributed by atoms with Crippen LogP contribution in [0.3, 0.4) is 0 Å². The van der Waals surface area contributed by atoms with E-state index in [1.807, 2.05) is 35.2 Å². The molecule has 1 heterocycles. The zero-order chi connectivity index (χ0) is 16.2. The SMILES string of the molecule is Cc1ccc(C)c(CNC2CCCN(c3ccccc3)C2=O)c1. The minimum absolute atomic E-state index is 0.0936. The summed E-state index contributed by atoms with van der Waals surface area (Å²) in [6, 6.07) is 16.3. The lowest BCUT2D eigenvalue weighted by atomic mass is 10.0. The first kappa shape index (κ1) is 15.8. The number of para-hydroxylation sites is 1. The molecule has 3 nitrogen and oxygen atoms in total. The summed E-state index contributed by atoms with van der Waals surface area (Å²) in [5.74, 6) is 0.188. The van der Waals surface area contributed by atoms with Gasteiger partial charge in [-0.1, -0.05) is 42.0 Å². The van der Waals surface area contributed by atoms with Crippen LogP contribution in [0.25, 0.3) is 0 Å². The van der Waals surface area contributed by atoms with Crippen LogP contribution >= 0.6 is 0 Å². The van der Waals surface area contributed by atoms with E-state index in [0.717, 1.165) is 31.6 Å². The van der Waals surface area contributed by atoms with E-state index >= 15 is 0 Å². The number of rotatable bonds is 4. The van der Waals surface area contributed by atoms with Gasteiger partial charge in [-0.3, -0.25) is 4.79 Å². The molecule has 2 aromatic carbocycles. The highest BCUT2D eigenvalue weighted by atomic mass is 16.2. The molecule has 0 radical (unpaired) electrons. The molecular formula is C20H24N2O. The number of anilines is 1. The van der Waals surface area contributed by atoms with E-state index in [4.69, 9.17) is 0 Å². The number of amides is 1. The number of hydrogen-bond donors (Lipinski definition) is 1. The summed E-state index contributed by atoms with van der Waals surface area (Å²) in [6.45, 7) is 5.78. The third-order valence-corrected chi connectivity index (χ3v) is 4.55. The normalized spacial score (nSPS) is 18.3. The average molecular weight is 308 g/mol. The Morgan fingerprint density at radius 2 is 1.91 bits per heavy atom. The van der Waals surface area contributed by atoms with Crippen molar-refractivity contribution in [1.82, 2.24) is 5.32 Å². The van der Waals surface area contributed by atoms with Crippen LogP contribution in [0, 0.1) is 13.8 Å². The van der Waals surface area contributed by atoms with Gasteiger partial charge in [0.1, 0.15) is 0 Å². The molecule has 3 heteroatoms. The largest absolute Gasteiger partial charge is 0.311 e. The van der Waals surface area contributed by atoms with Gasteiger partial charge in [0.15, 0.2) is 0 Å². The van der Waals surface area contributed by atoms with E-state index in [-0.39, 0.29) is 11.9 Å². The van der Waals surface area contributed by atoms with Gasteiger partial charge in [0, 0.05) is 18.8 Å². The first-order valence-electron chi connectivity index (χ1n) is 8.31. The van der Waals surface area contributed by atoms with Crippen molar-refractivity contribution in [3.8, 4) is 0 Å². The van der Waals surface area contributed by atoms with Crippen molar-refractivity contribution in [1.29, 1.82) is 0 Å². The molecule has 120 valence electrons. The van der Waals surface area contributed by atoms with Crippen molar-refractivity contribution < 1.29 is 4.79 Å². The molecule has 0 aliphatic carbocycles. The Kier molecular flexibility index (Phi) is 4.77. The fraction of sp³-hybridized carbons (Fsp3) is 0.350. The quantitative estimate of drug-likeness (QED) is 0.936. The lowest BCUT2D eigenvalue weighted by Gasteiger charge is -2.33. The van der Waals surface area contributed by atoms with Gasteiger partial charge in [0.05, 0.1) is 6.04 Å². The minimum Gasteiger partial charge on any atom is -0.311 e. The highest BCUT2D eigenvalue weighted by Crippen LogP contribution is 2.21. The van der Waals surface area contributed by atoms with E-state index in [0.29, 0.717) is 0 Å². The fourth-order valence-corrected chi connectivity index (χ4v) is 3.15. The predicted molar refractivity (Wildman–Crippen MR) is 94.6 cm³/mol. The van der Waals surface area contributed by atoms with Crippen molar-refractivity contribution in [3.05, 3.63) is 65.2 Å². The number of aryl methyl sites for hydroxylation is 2. The third-order valence-electron chi connectivity index (χ3n) is 4.55. The maximum atomic E-state index is 12.8. The molecule has 1 aliphatic heterocycles. The summed E-state index contributed by atoms with van der Waals surface area (Å²) in [4.78, 5) is 14.7. The van der Waals surface area contributed by atoms with Gasteiger partial charge in [-0.05, 0) is 49.9 Å².